The molecule has 0 aromatic rings. The summed E-state index contributed by atoms with van der Waals surface area (Å²) < 4.78 is 27.0. The fourth-order valence-corrected chi connectivity index (χ4v) is 3.96. The van der Waals surface area contributed by atoms with Crippen LogP contribution in [0.25, 0.3) is 0 Å². The average molecular weight is 627 g/mol. The molecular weight excluding hydrogens is 584 g/mol. The molecule has 0 N–H and O–H groups in total. The Hall–Kier alpha value is -4.48. The van der Waals surface area contributed by atoms with E-state index >= 15 is 0 Å². The van der Waals surface area contributed by atoms with E-state index in [1.165, 1.54) is 0 Å². The van der Waals surface area contributed by atoms with Crippen molar-refractivity contribution in [2.24, 2.45) is 5.92 Å². The number of rotatable bonds is 19. The van der Waals surface area contributed by atoms with Gasteiger partial charge in [0.2, 0.25) is 11.6 Å². The molecule has 1 fully saturated rings. The monoisotopic (exact) mass is 626 g/mol. The van der Waals surface area contributed by atoms with E-state index in [1.54, 1.807) is 6.92 Å². The van der Waals surface area contributed by atoms with Crippen molar-refractivity contribution in [2.45, 2.75) is 89.4 Å². The van der Waals surface area contributed by atoms with Crippen molar-refractivity contribution in [3.8, 4) is 23.7 Å². The summed E-state index contributed by atoms with van der Waals surface area (Å²) in [6.45, 7) is 11.9. The number of ether oxygens (including phenoxy) is 5. The van der Waals surface area contributed by atoms with Crippen molar-refractivity contribution in [1.82, 2.24) is 0 Å². The number of hydrogen-bond donors (Lipinski definition) is 0. The van der Waals surface area contributed by atoms with Crippen LogP contribution >= 0.6 is 0 Å². The van der Waals surface area contributed by atoms with E-state index < -0.39 is 48.1 Å². The van der Waals surface area contributed by atoms with E-state index in [1.807, 2.05) is 0 Å². The molecule has 0 aromatic heterocycles. The maximum Gasteiger partial charge on any atom is 0.330 e. The molecule has 0 aromatic carbocycles. The molecule has 1 unspecified atom stereocenters. The van der Waals surface area contributed by atoms with Gasteiger partial charge >= 0.3 is 23.9 Å². The standard InChI is InChI=1S/C34H42O11/c1-5-26(35)16-10-8-9-11-17-27(36)20-21-28-25(4)43-24-29(44-32(39)18-12-14-22-41-30(37)6-2)34(28)45-33(40)19-13-15-23-42-31(38)7-3/h5-7,25,28-29,34H,1-3,8-9,11-15,17-19,22-24H2,4H3/t25?,28-,29+,34+/m0/s1. The molecule has 1 rings (SSSR count). The second kappa shape index (κ2) is 23.0. The summed E-state index contributed by atoms with van der Waals surface area (Å²) in [6, 6.07) is 0. The topological polar surface area (TPSA) is 149 Å². The second-order valence-electron chi connectivity index (χ2n) is 9.97. The lowest BCUT2D eigenvalue weighted by molar-refractivity contribution is -0.196. The molecule has 0 spiro atoms. The van der Waals surface area contributed by atoms with Crippen LogP contribution in [-0.4, -0.2) is 73.6 Å². The minimum Gasteiger partial charge on any atom is -0.463 e. The Balaban J connectivity index is 2.84. The van der Waals surface area contributed by atoms with Gasteiger partial charge in [-0.3, -0.25) is 19.2 Å². The Morgan fingerprint density at radius 3 is 1.91 bits per heavy atom. The number of Topliss-reactive ketones (excluding diaryl/α,β-unsaturated/α-hetero) is 1. The first-order valence-corrected chi connectivity index (χ1v) is 14.9. The molecule has 0 amide bonds. The molecule has 45 heavy (non-hydrogen) atoms. The van der Waals surface area contributed by atoms with Crippen molar-refractivity contribution in [3.05, 3.63) is 38.0 Å². The maximum atomic E-state index is 12.8. The fraction of sp³-hybridized carbons (Fsp3) is 0.529. The zero-order chi connectivity index (χ0) is 33.5. The van der Waals surface area contributed by atoms with Crippen LogP contribution in [-0.2, 0) is 52.5 Å². The van der Waals surface area contributed by atoms with Crippen molar-refractivity contribution in [1.29, 1.82) is 0 Å². The SMILES string of the molecule is C=CC(=O)C#CCCCCC(=O)C#C[C@H]1C(C)OC[C@@H](OC(=O)CCCCOC(=O)C=C)[C@@H]1OC(=O)CCCCOC(=O)C=C. The summed E-state index contributed by atoms with van der Waals surface area (Å²) in [5.74, 6) is 6.96. The van der Waals surface area contributed by atoms with Crippen LogP contribution < -0.4 is 0 Å². The minimum absolute atomic E-state index is 0.0157. The molecule has 11 heteroatoms. The predicted molar refractivity (Wildman–Crippen MR) is 163 cm³/mol. The smallest absolute Gasteiger partial charge is 0.330 e. The van der Waals surface area contributed by atoms with Crippen LogP contribution in [0.4, 0.5) is 0 Å². The molecule has 244 valence electrons. The quantitative estimate of drug-likeness (QED) is 0.0518. The van der Waals surface area contributed by atoms with Crippen molar-refractivity contribution in [3.63, 3.8) is 0 Å². The van der Waals surface area contributed by atoms with Crippen LogP contribution in [0, 0.1) is 29.6 Å². The van der Waals surface area contributed by atoms with Gasteiger partial charge in [-0.05, 0) is 63.4 Å². The highest BCUT2D eigenvalue weighted by Gasteiger charge is 2.42. The number of carbonyl (C=O) groups is 6. The van der Waals surface area contributed by atoms with E-state index in [2.05, 4.69) is 43.4 Å². The van der Waals surface area contributed by atoms with Gasteiger partial charge in [-0.25, -0.2) is 9.59 Å². The highest BCUT2D eigenvalue weighted by molar-refractivity contribution is 6.03. The van der Waals surface area contributed by atoms with Crippen molar-refractivity contribution >= 4 is 35.4 Å². The third kappa shape index (κ3) is 17.4. The zero-order valence-electron chi connectivity index (χ0n) is 25.8. The normalized spacial score (nSPS) is 18.3. The van der Waals surface area contributed by atoms with E-state index in [-0.39, 0.29) is 50.6 Å². The Morgan fingerprint density at radius 1 is 0.756 bits per heavy atom. The van der Waals surface area contributed by atoms with Crippen LogP contribution in [0.2, 0.25) is 0 Å². The Labute approximate surface area is 264 Å². The van der Waals surface area contributed by atoms with Gasteiger partial charge in [0, 0.05) is 37.8 Å². The van der Waals surface area contributed by atoms with Gasteiger partial charge in [0.05, 0.1) is 31.8 Å². The summed E-state index contributed by atoms with van der Waals surface area (Å²) in [5.41, 5.74) is 0. The highest BCUT2D eigenvalue weighted by atomic mass is 16.6. The van der Waals surface area contributed by atoms with Crippen LogP contribution in [0.15, 0.2) is 38.0 Å². The molecule has 11 nitrogen and oxygen atoms in total. The Morgan fingerprint density at radius 2 is 1.33 bits per heavy atom. The first-order chi connectivity index (χ1) is 21.6. The minimum atomic E-state index is -0.990. The van der Waals surface area contributed by atoms with Crippen LogP contribution in [0.3, 0.4) is 0 Å². The molecule has 1 heterocycles. The number of esters is 4. The first-order valence-electron chi connectivity index (χ1n) is 14.9. The molecule has 1 aliphatic rings. The van der Waals surface area contributed by atoms with Gasteiger partial charge in [0.1, 0.15) is 0 Å². The third-order valence-corrected chi connectivity index (χ3v) is 6.40. The largest absolute Gasteiger partial charge is 0.463 e. The molecule has 4 atom stereocenters. The molecular formula is C34H42O11. The number of allylic oxidation sites excluding steroid dienone is 1. The van der Waals surface area contributed by atoms with E-state index in [9.17, 15) is 28.8 Å². The highest BCUT2D eigenvalue weighted by Crippen LogP contribution is 2.27. The Bertz CT molecular complexity index is 1190. The molecule has 0 radical (unpaired) electrons. The van der Waals surface area contributed by atoms with E-state index in [0.29, 0.717) is 44.9 Å². The predicted octanol–water partition coefficient (Wildman–Crippen LogP) is 3.54. The molecule has 0 aliphatic carbocycles. The number of hydrogen-bond acceptors (Lipinski definition) is 11. The summed E-state index contributed by atoms with van der Waals surface area (Å²) in [5, 5.41) is 0. The summed E-state index contributed by atoms with van der Waals surface area (Å²) in [6.07, 6.45) is 4.18. The Kier molecular flexibility index (Phi) is 19.7. The molecule has 1 aliphatic heterocycles. The maximum absolute atomic E-state index is 12.8. The van der Waals surface area contributed by atoms with Crippen molar-refractivity contribution in [2.75, 3.05) is 19.8 Å². The number of carbonyl (C=O) groups excluding carboxylic acids is 6. The average Bonchev–Trinajstić information content (AvgIpc) is 3.02. The summed E-state index contributed by atoms with van der Waals surface area (Å²) >= 11 is 0. The molecule has 0 bridgehead atoms. The lowest BCUT2D eigenvalue weighted by Crippen LogP contribution is -2.51. The molecule has 0 saturated carbocycles. The third-order valence-electron chi connectivity index (χ3n) is 6.40. The van der Waals surface area contributed by atoms with Gasteiger partial charge in [-0.1, -0.05) is 31.6 Å². The lowest BCUT2D eigenvalue weighted by Gasteiger charge is -2.38. The molecule has 1 saturated heterocycles. The number of ketones is 2. The fourth-order valence-electron chi connectivity index (χ4n) is 3.96. The van der Waals surface area contributed by atoms with Crippen LogP contribution in [0.1, 0.15) is 71.1 Å². The van der Waals surface area contributed by atoms with Gasteiger partial charge in [-0.15, -0.1) is 0 Å². The van der Waals surface area contributed by atoms with Gasteiger partial charge in [0.15, 0.2) is 12.2 Å². The number of unbranched alkanes of at least 4 members (excludes halogenated alkanes) is 4. The second-order valence-corrected chi connectivity index (χ2v) is 9.97. The summed E-state index contributed by atoms with van der Waals surface area (Å²) in [4.78, 5) is 71.3. The van der Waals surface area contributed by atoms with Gasteiger partial charge in [-0.2, -0.15) is 0 Å². The van der Waals surface area contributed by atoms with E-state index in [0.717, 1.165) is 18.2 Å². The van der Waals surface area contributed by atoms with E-state index in [4.69, 9.17) is 23.7 Å². The van der Waals surface area contributed by atoms with Crippen LogP contribution in [0.5, 0.6) is 0 Å². The summed E-state index contributed by atoms with van der Waals surface area (Å²) in [7, 11) is 0. The lowest BCUT2D eigenvalue weighted by atomic mass is 9.90. The zero-order valence-corrected chi connectivity index (χ0v) is 25.8. The van der Waals surface area contributed by atoms with Gasteiger partial charge in [0.25, 0.3) is 0 Å². The van der Waals surface area contributed by atoms with Crippen molar-refractivity contribution < 1.29 is 52.5 Å². The first kappa shape index (κ1) is 38.5. The van der Waals surface area contributed by atoms with Gasteiger partial charge < -0.3 is 23.7 Å².